The number of aryl methyl sites for hydroxylation is 1. The van der Waals surface area contributed by atoms with Crippen molar-refractivity contribution in [3.8, 4) is 0 Å². The number of hydrazine groups is 1. The van der Waals surface area contributed by atoms with Crippen molar-refractivity contribution in [3.63, 3.8) is 0 Å². The first-order chi connectivity index (χ1) is 7.63. The predicted octanol–water partition coefficient (Wildman–Crippen LogP) is -1.30. The number of rotatable bonds is 5. The van der Waals surface area contributed by atoms with Crippen molar-refractivity contribution in [2.45, 2.75) is 25.8 Å². The second kappa shape index (κ2) is 5.86. The van der Waals surface area contributed by atoms with E-state index in [0.29, 0.717) is 25.8 Å². The molecule has 1 aromatic rings. The van der Waals surface area contributed by atoms with E-state index in [0.717, 1.165) is 0 Å². The molecule has 0 spiro atoms. The minimum Gasteiger partial charge on any atom is -0.294 e. The zero-order valence-electron chi connectivity index (χ0n) is 8.73. The molecular weight excluding hydrogens is 212 g/mol. The van der Waals surface area contributed by atoms with Crippen LogP contribution in [0.3, 0.4) is 0 Å². The smallest absolute Gasteiger partial charge is 0.265 e. The first-order valence-corrected chi connectivity index (χ1v) is 4.93. The minimum absolute atomic E-state index is 0.242. The monoisotopic (exact) mass is 226 g/mol. The molecule has 0 radical (unpaired) electrons. The van der Waals surface area contributed by atoms with Gasteiger partial charge in [-0.05, 0) is 12.8 Å². The molecule has 7 heteroatoms. The van der Waals surface area contributed by atoms with Crippen LogP contribution in [0.15, 0.2) is 21.7 Å². The number of hydrogen-bond donors (Lipinski definition) is 3. The topological polar surface area (TPSA) is 110 Å². The van der Waals surface area contributed by atoms with Gasteiger partial charge in [0.25, 0.3) is 11.1 Å². The van der Waals surface area contributed by atoms with Crippen LogP contribution in [-0.2, 0) is 11.3 Å². The third-order valence-corrected chi connectivity index (χ3v) is 2.09. The number of nitrogens with zero attached hydrogens (tertiary/aromatic N) is 1. The summed E-state index contributed by atoms with van der Waals surface area (Å²) in [6.07, 6.45) is 1.53. The van der Waals surface area contributed by atoms with Gasteiger partial charge in [-0.15, -0.1) is 0 Å². The van der Waals surface area contributed by atoms with E-state index in [4.69, 9.17) is 5.84 Å². The van der Waals surface area contributed by atoms with E-state index in [1.54, 1.807) is 0 Å². The highest BCUT2D eigenvalue weighted by Crippen LogP contribution is 1.95. The lowest BCUT2D eigenvalue weighted by molar-refractivity contribution is -0.121. The summed E-state index contributed by atoms with van der Waals surface area (Å²) in [6.45, 7) is 0.382. The van der Waals surface area contributed by atoms with Crippen LogP contribution < -0.4 is 22.4 Å². The molecule has 0 fully saturated rings. The highest BCUT2D eigenvalue weighted by atomic mass is 16.2. The Bertz CT molecular complexity index is 462. The molecule has 0 aliphatic carbocycles. The molecule has 0 aromatic carbocycles. The van der Waals surface area contributed by atoms with E-state index in [9.17, 15) is 14.4 Å². The molecule has 0 unspecified atom stereocenters. The van der Waals surface area contributed by atoms with Gasteiger partial charge < -0.3 is 0 Å². The van der Waals surface area contributed by atoms with Crippen molar-refractivity contribution in [2.24, 2.45) is 5.84 Å². The molecule has 1 rings (SSSR count). The number of carbonyl (C=O) groups is 1. The highest BCUT2D eigenvalue weighted by molar-refractivity contribution is 5.74. The second-order valence-corrected chi connectivity index (χ2v) is 3.32. The summed E-state index contributed by atoms with van der Waals surface area (Å²) >= 11 is 0. The van der Waals surface area contributed by atoms with Crippen molar-refractivity contribution in [1.82, 2.24) is 15.2 Å². The van der Waals surface area contributed by atoms with Gasteiger partial charge in [0.2, 0.25) is 5.91 Å². The van der Waals surface area contributed by atoms with Gasteiger partial charge in [-0.2, -0.15) is 0 Å². The van der Waals surface area contributed by atoms with Crippen LogP contribution >= 0.6 is 0 Å². The molecular formula is C9H14N4O3. The third kappa shape index (κ3) is 3.70. The minimum atomic E-state index is -0.320. The van der Waals surface area contributed by atoms with Gasteiger partial charge in [-0.3, -0.25) is 29.6 Å². The standard InChI is InChI=1S/C9H14N4O3/c10-11-7(14)3-1-2-6-13-9(16)5-4-8(15)12-13/h4-5H,1-3,6,10H2,(H,11,14)(H,12,15). The average Bonchev–Trinajstić information content (AvgIpc) is 2.28. The summed E-state index contributed by atoms with van der Waals surface area (Å²) < 4.78 is 1.22. The summed E-state index contributed by atoms with van der Waals surface area (Å²) in [7, 11) is 0. The first kappa shape index (κ1) is 12.2. The summed E-state index contributed by atoms with van der Waals surface area (Å²) in [5, 5.41) is 2.40. The highest BCUT2D eigenvalue weighted by Gasteiger charge is 1.99. The van der Waals surface area contributed by atoms with Crippen LogP contribution in [0.25, 0.3) is 0 Å². The maximum Gasteiger partial charge on any atom is 0.265 e. The van der Waals surface area contributed by atoms with E-state index in [1.807, 2.05) is 5.43 Å². The van der Waals surface area contributed by atoms with Crippen LogP contribution in [0.1, 0.15) is 19.3 Å². The molecule has 16 heavy (non-hydrogen) atoms. The fourth-order valence-electron chi connectivity index (χ4n) is 1.26. The second-order valence-electron chi connectivity index (χ2n) is 3.32. The Labute approximate surface area is 91.2 Å². The zero-order chi connectivity index (χ0) is 12.0. The molecule has 0 saturated carbocycles. The predicted molar refractivity (Wildman–Crippen MR) is 57.5 cm³/mol. The number of amides is 1. The molecule has 1 aromatic heterocycles. The van der Waals surface area contributed by atoms with Gasteiger partial charge in [0.1, 0.15) is 0 Å². The van der Waals surface area contributed by atoms with Crippen LogP contribution in [0.5, 0.6) is 0 Å². The number of aromatic nitrogens is 2. The average molecular weight is 226 g/mol. The Morgan fingerprint density at radius 1 is 1.38 bits per heavy atom. The maximum atomic E-state index is 11.2. The zero-order valence-corrected chi connectivity index (χ0v) is 8.73. The van der Waals surface area contributed by atoms with Crippen molar-refractivity contribution >= 4 is 5.91 Å². The molecule has 0 bridgehead atoms. The Morgan fingerprint density at radius 3 is 2.81 bits per heavy atom. The fraction of sp³-hybridized carbons (Fsp3) is 0.444. The Kier molecular flexibility index (Phi) is 4.46. The molecule has 0 aliphatic rings. The van der Waals surface area contributed by atoms with Gasteiger partial charge in [0, 0.05) is 25.1 Å². The van der Waals surface area contributed by atoms with E-state index >= 15 is 0 Å². The van der Waals surface area contributed by atoms with Crippen molar-refractivity contribution in [3.05, 3.63) is 32.8 Å². The Balaban J connectivity index is 2.43. The summed E-state index contributed by atoms with van der Waals surface area (Å²) in [6, 6.07) is 2.39. The van der Waals surface area contributed by atoms with Gasteiger partial charge >= 0.3 is 0 Å². The largest absolute Gasteiger partial charge is 0.294 e. The molecule has 7 nitrogen and oxygen atoms in total. The normalized spacial score (nSPS) is 10.1. The Morgan fingerprint density at radius 2 is 2.12 bits per heavy atom. The van der Waals surface area contributed by atoms with Crippen molar-refractivity contribution in [1.29, 1.82) is 0 Å². The van der Waals surface area contributed by atoms with E-state index in [-0.39, 0.29) is 17.0 Å². The number of unbranched alkanes of at least 4 members (excludes halogenated alkanes) is 1. The van der Waals surface area contributed by atoms with Crippen LogP contribution in [0, 0.1) is 0 Å². The number of nitrogens with two attached hydrogens (primary N) is 1. The van der Waals surface area contributed by atoms with E-state index in [2.05, 4.69) is 5.10 Å². The third-order valence-electron chi connectivity index (χ3n) is 2.09. The summed E-state index contributed by atoms with van der Waals surface area (Å²) in [5.41, 5.74) is 1.44. The number of carbonyl (C=O) groups excluding carboxylic acids is 1. The summed E-state index contributed by atoms with van der Waals surface area (Å²) in [4.78, 5) is 33.0. The lowest BCUT2D eigenvalue weighted by Crippen LogP contribution is -2.30. The fourth-order valence-corrected chi connectivity index (χ4v) is 1.26. The molecule has 1 amide bonds. The molecule has 4 N–H and O–H groups in total. The van der Waals surface area contributed by atoms with Gasteiger partial charge in [0.15, 0.2) is 0 Å². The van der Waals surface area contributed by atoms with Gasteiger partial charge in [0.05, 0.1) is 0 Å². The molecule has 0 saturated heterocycles. The Hall–Kier alpha value is -1.89. The maximum absolute atomic E-state index is 11.2. The molecule has 0 atom stereocenters. The molecule has 88 valence electrons. The van der Waals surface area contributed by atoms with Gasteiger partial charge in [-0.25, -0.2) is 5.84 Å². The SMILES string of the molecule is NNC(=O)CCCCn1[nH]c(=O)ccc1=O. The lowest BCUT2D eigenvalue weighted by atomic mass is 10.2. The van der Waals surface area contributed by atoms with Crippen molar-refractivity contribution in [2.75, 3.05) is 0 Å². The van der Waals surface area contributed by atoms with E-state index in [1.165, 1.54) is 16.8 Å². The summed E-state index contributed by atoms with van der Waals surface area (Å²) in [5.74, 6) is 4.67. The van der Waals surface area contributed by atoms with E-state index < -0.39 is 0 Å². The first-order valence-electron chi connectivity index (χ1n) is 4.93. The molecule has 1 heterocycles. The van der Waals surface area contributed by atoms with Crippen LogP contribution in [0.2, 0.25) is 0 Å². The number of nitrogens with one attached hydrogen (secondary N) is 2. The number of hydrogen-bond acceptors (Lipinski definition) is 4. The van der Waals surface area contributed by atoms with Gasteiger partial charge in [-0.1, -0.05) is 0 Å². The molecule has 0 aliphatic heterocycles. The quantitative estimate of drug-likeness (QED) is 0.251. The van der Waals surface area contributed by atoms with Crippen LogP contribution in [0.4, 0.5) is 0 Å². The number of H-pyrrole nitrogens is 1. The van der Waals surface area contributed by atoms with Crippen molar-refractivity contribution < 1.29 is 4.79 Å². The van der Waals surface area contributed by atoms with Crippen LogP contribution in [-0.4, -0.2) is 15.7 Å². The number of aromatic amines is 1. The lowest BCUT2D eigenvalue weighted by Gasteiger charge is -2.03.